The summed E-state index contributed by atoms with van der Waals surface area (Å²) >= 11 is 0. The third-order valence-electron chi connectivity index (χ3n) is 7.11. The Hall–Kier alpha value is -2.96. The average molecular weight is 445 g/mol. The maximum Gasteiger partial charge on any atom is 0.253 e. The second kappa shape index (κ2) is 9.49. The van der Waals surface area contributed by atoms with Crippen LogP contribution in [0.2, 0.25) is 0 Å². The number of aliphatic hydroxyl groups is 1. The van der Waals surface area contributed by atoms with Gasteiger partial charge in [0, 0.05) is 30.4 Å². The van der Waals surface area contributed by atoms with Gasteiger partial charge in [0.25, 0.3) is 5.91 Å². The first-order valence-electron chi connectivity index (χ1n) is 12.0. The first-order chi connectivity index (χ1) is 16.1. The molecule has 6 heteroatoms. The number of aromatic amines is 1. The van der Waals surface area contributed by atoms with E-state index in [-0.39, 0.29) is 11.9 Å². The smallest absolute Gasteiger partial charge is 0.253 e. The molecular weight excluding hydrogens is 412 g/mol. The number of aromatic nitrogens is 2. The van der Waals surface area contributed by atoms with Crippen molar-refractivity contribution in [2.24, 2.45) is 0 Å². The lowest BCUT2D eigenvalue weighted by atomic mass is 10.0. The molecule has 0 spiro atoms. The zero-order valence-electron chi connectivity index (χ0n) is 19.1. The Morgan fingerprint density at radius 2 is 1.91 bits per heavy atom. The molecule has 0 saturated carbocycles. The summed E-state index contributed by atoms with van der Waals surface area (Å²) in [5.41, 5.74) is 6.38. The van der Waals surface area contributed by atoms with Gasteiger partial charge in [-0.05, 0) is 67.3 Å². The van der Waals surface area contributed by atoms with Crippen LogP contribution in [0.15, 0.2) is 54.6 Å². The van der Waals surface area contributed by atoms with E-state index < -0.39 is 6.10 Å². The van der Waals surface area contributed by atoms with Gasteiger partial charge in [-0.3, -0.25) is 9.89 Å². The molecule has 2 heterocycles. The number of nitrogens with zero attached hydrogens (tertiary/aromatic N) is 2. The summed E-state index contributed by atoms with van der Waals surface area (Å²) in [7, 11) is 1.84. The summed E-state index contributed by atoms with van der Waals surface area (Å²) in [5.74, 6) is 0.0151. The number of fused-ring (bicyclic) bond motifs is 1. The minimum atomic E-state index is -0.484. The minimum absolute atomic E-state index is 0.0151. The third-order valence-corrected chi connectivity index (χ3v) is 7.11. The van der Waals surface area contributed by atoms with Crippen LogP contribution in [0.1, 0.15) is 63.8 Å². The Bertz CT molecular complexity index is 1090. The molecule has 172 valence electrons. The second-order valence-corrected chi connectivity index (χ2v) is 9.45. The summed E-state index contributed by atoms with van der Waals surface area (Å²) in [4.78, 5) is 14.7. The molecule has 5 rings (SSSR count). The van der Waals surface area contributed by atoms with E-state index in [1.165, 1.54) is 16.8 Å². The highest BCUT2D eigenvalue weighted by Gasteiger charge is 2.30. The second-order valence-electron chi connectivity index (χ2n) is 9.45. The van der Waals surface area contributed by atoms with Crippen molar-refractivity contribution in [3.8, 4) is 0 Å². The maximum absolute atomic E-state index is 12.9. The Labute approximate surface area is 195 Å². The largest absolute Gasteiger partial charge is 0.387 e. The molecule has 3 N–H and O–H groups in total. The normalized spacial score (nSPS) is 20.5. The SMILES string of the molecule is CN(Cc1n[nH]c2c1CCC2)C(=O)c1ccc(CC2CCC(C(O)c3ccccc3)N2)cc1. The molecular formula is C27H32N4O2. The van der Waals surface area contributed by atoms with Crippen molar-refractivity contribution < 1.29 is 9.90 Å². The van der Waals surface area contributed by atoms with E-state index in [4.69, 9.17) is 0 Å². The summed E-state index contributed by atoms with van der Waals surface area (Å²) in [6.45, 7) is 0.531. The number of aryl methyl sites for hydroxylation is 1. The Morgan fingerprint density at radius 3 is 2.70 bits per heavy atom. The van der Waals surface area contributed by atoms with Crippen LogP contribution >= 0.6 is 0 Å². The van der Waals surface area contributed by atoms with Crippen LogP contribution in [-0.4, -0.2) is 45.2 Å². The fourth-order valence-corrected chi connectivity index (χ4v) is 5.25. The van der Waals surface area contributed by atoms with Crippen LogP contribution < -0.4 is 5.32 Å². The molecule has 3 aromatic rings. The molecule has 33 heavy (non-hydrogen) atoms. The summed E-state index contributed by atoms with van der Waals surface area (Å²) in [6, 6.07) is 18.2. The van der Waals surface area contributed by atoms with Gasteiger partial charge in [0.15, 0.2) is 0 Å². The minimum Gasteiger partial charge on any atom is -0.387 e. The lowest BCUT2D eigenvalue weighted by Crippen LogP contribution is -2.35. The average Bonchev–Trinajstić information content (AvgIpc) is 3.58. The molecule has 2 aliphatic rings. The molecule has 1 saturated heterocycles. The number of carbonyl (C=O) groups excluding carboxylic acids is 1. The van der Waals surface area contributed by atoms with Gasteiger partial charge in [-0.15, -0.1) is 0 Å². The van der Waals surface area contributed by atoms with Crippen molar-refractivity contribution in [1.82, 2.24) is 20.4 Å². The lowest BCUT2D eigenvalue weighted by Gasteiger charge is -2.20. The quantitative estimate of drug-likeness (QED) is 0.520. The van der Waals surface area contributed by atoms with E-state index in [1.54, 1.807) is 4.90 Å². The van der Waals surface area contributed by atoms with Gasteiger partial charge in [-0.2, -0.15) is 5.10 Å². The van der Waals surface area contributed by atoms with Gasteiger partial charge in [0.05, 0.1) is 18.3 Å². The van der Waals surface area contributed by atoms with E-state index >= 15 is 0 Å². The molecule has 1 aliphatic carbocycles. The van der Waals surface area contributed by atoms with Crippen molar-refractivity contribution >= 4 is 5.91 Å². The van der Waals surface area contributed by atoms with Crippen LogP contribution in [0.5, 0.6) is 0 Å². The summed E-state index contributed by atoms with van der Waals surface area (Å²) in [6.07, 6.45) is 5.67. The third kappa shape index (κ3) is 4.72. The number of amides is 1. The van der Waals surface area contributed by atoms with Crippen molar-refractivity contribution in [2.75, 3.05) is 7.05 Å². The number of aliphatic hydroxyl groups excluding tert-OH is 1. The van der Waals surface area contributed by atoms with E-state index in [9.17, 15) is 9.90 Å². The van der Waals surface area contributed by atoms with Gasteiger partial charge in [0.1, 0.15) is 0 Å². The predicted molar refractivity (Wildman–Crippen MR) is 128 cm³/mol. The Morgan fingerprint density at radius 1 is 1.12 bits per heavy atom. The van der Waals surface area contributed by atoms with Crippen LogP contribution in [0.4, 0.5) is 0 Å². The standard InChI is InChI=1S/C27H32N4O2/c1-31(17-25-22-8-5-9-23(22)29-30-25)27(33)20-12-10-18(11-13-20)16-21-14-15-24(28-21)26(32)19-6-3-2-4-7-19/h2-4,6-7,10-13,21,24,26,28,32H,5,8-9,14-17H2,1H3,(H,29,30). The molecule has 0 radical (unpaired) electrons. The zero-order valence-corrected chi connectivity index (χ0v) is 19.1. The number of H-pyrrole nitrogens is 1. The first kappa shape index (κ1) is 21.9. The molecule has 0 bridgehead atoms. The molecule has 1 fully saturated rings. The molecule has 1 aliphatic heterocycles. The van der Waals surface area contributed by atoms with Gasteiger partial charge in [-0.1, -0.05) is 42.5 Å². The zero-order chi connectivity index (χ0) is 22.8. The monoisotopic (exact) mass is 444 g/mol. The lowest BCUT2D eigenvalue weighted by molar-refractivity contribution is 0.0783. The number of nitrogens with one attached hydrogen (secondary N) is 2. The molecule has 3 unspecified atom stereocenters. The predicted octanol–water partition coefficient (Wildman–Crippen LogP) is 3.57. The summed E-state index contributed by atoms with van der Waals surface area (Å²) in [5, 5.41) is 21.8. The Kier molecular flexibility index (Phi) is 6.29. The van der Waals surface area contributed by atoms with Gasteiger partial charge in [0.2, 0.25) is 0 Å². The van der Waals surface area contributed by atoms with Crippen molar-refractivity contribution in [2.45, 2.75) is 63.3 Å². The molecule has 1 aromatic heterocycles. The van der Waals surface area contributed by atoms with Crippen LogP contribution in [-0.2, 0) is 25.8 Å². The summed E-state index contributed by atoms with van der Waals surface area (Å²) < 4.78 is 0. The number of rotatable bonds is 7. The Balaban J connectivity index is 1.15. The van der Waals surface area contributed by atoms with Crippen molar-refractivity contribution in [1.29, 1.82) is 0 Å². The van der Waals surface area contributed by atoms with Gasteiger partial charge in [-0.25, -0.2) is 0 Å². The maximum atomic E-state index is 12.9. The number of benzene rings is 2. The van der Waals surface area contributed by atoms with Crippen molar-refractivity contribution in [3.05, 3.63) is 88.2 Å². The first-order valence-corrected chi connectivity index (χ1v) is 12.0. The van der Waals surface area contributed by atoms with Crippen LogP contribution in [0.3, 0.4) is 0 Å². The molecule has 3 atom stereocenters. The number of carbonyl (C=O) groups is 1. The molecule has 6 nitrogen and oxygen atoms in total. The highest BCUT2D eigenvalue weighted by atomic mass is 16.3. The fraction of sp³-hybridized carbons (Fsp3) is 0.407. The van der Waals surface area contributed by atoms with Crippen LogP contribution in [0, 0.1) is 0 Å². The number of hydrogen-bond donors (Lipinski definition) is 3. The van der Waals surface area contributed by atoms with E-state index in [0.717, 1.165) is 49.8 Å². The fourth-order valence-electron chi connectivity index (χ4n) is 5.25. The highest BCUT2D eigenvalue weighted by Crippen LogP contribution is 2.27. The molecule has 1 amide bonds. The van der Waals surface area contributed by atoms with E-state index in [0.29, 0.717) is 18.2 Å². The molecule has 2 aromatic carbocycles. The topological polar surface area (TPSA) is 81.2 Å². The van der Waals surface area contributed by atoms with Crippen molar-refractivity contribution in [3.63, 3.8) is 0 Å². The number of hydrogen-bond acceptors (Lipinski definition) is 4. The van der Waals surface area contributed by atoms with Gasteiger partial charge >= 0.3 is 0 Å². The van der Waals surface area contributed by atoms with E-state index in [1.807, 2.05) is 49.5 Å². The van der Waals surface area contributed by atoms with Crippen LogP contribution in [0.25, 0.3) is 0 Å². The van der Waals surface area contributed by atoms with Gasteiger partial charge < -0.3 is 15.3 Å². The highest BCUT2D eigenvalue weighted by molar-refractivity contribution is 5.94. The van der Waals surface area contributed by atoms with E-state index in [2.05, 4.69) is 27.6 Å².